The van der Waals surface area contributed by atoms with Crippen molar-refractivity contribution in [3.05, 3.63) is 68.7 Å². The number of rotatable bonds is 6. The zero-order valence-corrected chi connectivity index (χ0v) is 18.9. The van der Waals surface area contributed by atoms with E-state index in [1.165, 1.54) is 12.1 Å². The van der Waals surface area contributed by atoms with Crippen LogP contribution in [0.4, 0.5) is 5.69 Å². The number of fused-ring (bicyclic) bond motifs is 1. The van der Waals surface area contributed by atoms with Crippen molar-refractivity contribution in [1.82, 2.24) is 10.6 Å². The quantitative estimate of drug-likeness (QED) is 0.482. The number of sulfone groups is 1. The first-order valence-electron chi connectivity index (χ1n) is 9.88. The average Bonchev–Trinajstić information content (AvgIpc) is 2.73. The molecule has 2 amide bonds. The number of nitrogens with zero attached hydrogens (tertiary/aromatic N) is 1. The van der Waals surface area contributed by atoms with Crippen LogP contribution in [0.25, 0.3) is 0 Å². The summed E-state index contributed by atoms with van der Waals surface area (Å²) in [6.07, 6.45) is 0.220. The predicted molar refractivity (Wildman–Crippen MR) is 118 cm³/mol. The molecule has 0 saturated heterocycles. The Labute approximate surface area is 190 Å². The highest BCUT2D eigenvalue weighted by atomic mass is 35.5. The van der Waals surface area contributed by atoms with Gasteiger partial charge in [-0.15, -0.1) is 0 Å². The van der Waals surface area contributed by atoms with Gasteiger partial charge in [0.2, 0.25) is 5.91 Å². The summed E-state index contributed by atoms with van der Waals surface area (Å²) in [6.45, 7) is 3.50. The molecule has 2 aromatic carbocycles. The fourth-order valence-electron chi connectivity index (χ4n) is 3.56. The molecule has 0 aliphatic carbocycles. The third kappa shape index (κ3) is 4.91. The number of hydrogen-bond acceptors (Lipinski definition) is 6. The number of carbonyl (C=O) groups is 2. The van der Waals surface area contributed by atoms with Crippen molar-refractivity contribution in [3.63, 3.8) is 0 Å². The number of non-ortho nitro benzene ring substituents is 1. The summed E-state index contributed by atoms with van der Waals surface area (Å²) in [5.41, 5.74) is 0.264. The summed E-state index contributed by atoms with van der Waals surface area (Å²) in [6, 6.07) is 8.53. The van der Waals surface area contributed by atoms with Crippen LogP contribution in [-0.2, 0) is 14.6 Å². The summed E-state index contributed by atoms with van der Waals surface area (Å²) < 4.78 is 24.6. The van der Waals surface area contributed by atoms with Crippen LogP contribution < -0.4 is 10.6 Å². The Morgan fingerprint density at radius 3 is 2.50 bits per heavy atom. The Morgan fingerprint density at radius 1 is 1.19 bits per heavy atom. The molecule has 0 spiro atoms. The van der Waals surface area contributed by atoms with E-state index in [-0.39, 0.29) is 39.3 Å². The van der Waals surface area contributed by atoms with E-state index in [9.17, 15) is 28.1 Å². The summed E-state index contributed by atoms with van der Waals surface area (Å²) in [7, 11) is -3.40. The number of nitrogens with one attached hydrogen (secondary N) is 2. The second kappa shape index (κ2) is 9.25. The molecular weight excluding hydrogens is 458 g/mol. The van der Waals surface area contributed by atoms with Gasteiger partial charge >= 0.3 is 0 Å². The van der Waals surface area contributed by atoms with Crippen molar-refractivity contribution in [2.45, 2.75) is 37.2 Å². The van der Waals surface area contributed by atoms with Gasteiger partial charge in [-0.3, -0.25) is 19.7 Å². The average molecular weight is 480 g/mol. The zero-order chi connectivity index (χ0) is 23.6. The minimum atomic E-state index is -3.40. The Hall–Kier alpha value is -2.98. The van der Waals surface area contributed by atoms with Crippen molar-refractivity contribution < 1.29 is 22.9 Å². The second-order valence-corrected chi connectivity index (χ2v) is 10.3. The first-order chi connectivity index (χ1) is 15.0. The van der Waals surface area contributed by atoms with E-state index in [1.54, 1.807) is 32.0 Å². The van der Waals surface area contributed by atoms with Crippen LogP contribution in [0.5, 0.6) is 0 Å². The molecule has 32 heavy (non-hydrogen) atoms. The first kappa shape index (κ1) is 23.7. The molecule has 0 aromatic heterocycles. The number of hydrogen-bond donors (Lipinski definition) is 2. The standard InChI is InChI=1S/C21H22ClN3O6S/c1-12(2)19(24-20(26)14-8-7-13(25(28)29)11-16(14)22)21(27)23-17-9-10-32(30,31)18-6-4-3-5-15(17)18/h3-8,11-12,17,19H,9-10H2,1-2H3,(H,23,27)(H,24,26)/t17-,19-/m0/s1. The molecular formula is C21H22ClN3O6S. The van der Waals surface area contributed by atoms with Gasteiger partial charge in [0.1, 0.15) is 6.04 Å². The molecule has 1 aliphatic heterocycles. The van der Waals surface area contributed by atoms with E-state index in [0.29, 0.717) is 5.56 Å². The number of nitro benzene ring substituents is 1. The Kier molecular flexibility index (Phi) is 6.85. The normalized spacial score (nSPS) is 17.8. The molecule has 2 N–H and O–H groups in total. The van der Waals surface area contributed by atoms with Crippen LogP contribution in [0.3, 0.4) is 0 Å². The molecule has 1 heterocycles. The van der Waals surface area contributed by atoms with Gasteiger partial charge in [0.15, 0.2) is 9.84 Å². The molecule has 2 atom stereocenters. The molecule has 0 saturated carbocycles. The van der Waals surface area contributed by atoms with Crippen molar-refractivity contribution in [1.29, 1.82) is 0 Å². The lowest BCUT2D eigenvalue weighted by Crippen LogP contribution is -2.51. The lowest BCUT2D eigenvalue weighted by molar-refractivity contribution is -0.384. The fraction of sp³-hybridized carbons (Fsp3) is 0.333. The van der Waals surface area contributed by atoms with Gasteiger partial charge < -0.3 is 10.6 Å². The number of carbonyl (C=O) groups excluding carboxylic acids is 2. The van der Waals surface area contributed by atoms with Gasteiger partial charge in [-0.1, -0.05) is 43.6 Å². The lowest BCUT2D eigenvalue weighted by atomic mass is 9.99. The van der Waals surface area contributed by atoms with Crippen LogP contribution in [0.15, 0.2) is 47.4 Å². The first-order valence-corrected chi connectivity index (χ1v) is 11.9. The highest BCUT2D eigenvalue weighted by Crippen LogP contribution is 2.32. The highest BCUT2D eigenvalue weighted by Gasteiger charge is 2.33. The van der Waals surface area contributed by atoms with Crippen molar-refractivity contribution in [2.24, 2.45) is 5.92 Å². The van der Waals surface area contributed by atoms with Gasteiger partial charge in [-0.25, -0.2) is 8.42 Å². The van der Waals surface area contributed by atoms with E-state index >= 15 is 0 Å². The topological polar surface area (TPSA) is 135 Å². The molecule has 0 radical (unpaired) electrons. The molecule has 0 bridgehead atoms. The minimum Gasteiger partial charge on any atom is -0.347 e. The number of halogens is 1. The van der Waals surface area contributed by atoms with Gasteiger partial charge in [-0.2, -0.15) is 0 Å². The van der Waals surface area contributed by atoms with Crippen molar-refractivity contribution >= 4 is 38.9 Å². The van der Waals surface area contributed by atoms with Crippen LogP contribution in [0, 0.1) is 16.0 Å². The Bertz CT molecular complexity index is 1180. The third-order valence-corrected chi connectivity index (χ3v) is 7.39. The monoisotopic (exact) mass is 479 g/mol. The summed E-state index contributed by atoms with van der Waals surface area (Å²) in [5.74, 6) is -1.50. The Balaban J connectivity index is 1.79. The maximum atomic E-state index is 13.0. The number of nitro groups is 1. The highest BCUT2D eigenvalue weighted by molar-refractivity contribution is 7.91. The van der Waals surface area contributed by atoms with E-state index in [0.717, 1.165) is 12.1 Å². The van der Waals surface area contributed by atoms with E-state index in [1.807, 2.05) is 0 Å². The van der Waals surface area contributed by atoms with Gasteiger partial charge in [0, 0.05) is 12.1 Å². The fourth-order valence-corrected chi connectivity index (χ4v) is 5.44. The molecule has 2 aromatic rings. The molecule has 9 nitrogen and oxygen atoms in total. The number of benzene rings is 2. The largest absolute Gasteiger partial charge is 0.347 e. The summed E-state index contributed by atoms with van der Waals surface area (Å²) in [4.78, 5) is 36.2. The maximum absolute atomic E-state index is 13.0. The summed E-state index contributed by atoms with van der Waals surface area (Å²) >= 11 is 6.03. The number of amides is 2. The van der Waals surface area contributed by atoms with Gasteiger partial charge in [0.25, 0.3) is 11.6 Å². The van der Waals surface area contributed by atoms with Crippen molar-refractivity contribution in [2.75, 3.05) is 5.75 Å². The van der Waals surface area contributed by atoms with Gasteiger partial charge in [0.05, 0.1) is 32.2 Å². The zero-order valence-electron chi connectivity index (χ0n) is 17.4. The van der Waals surface area contributed by atoms with Gasteiger partial charge in [-0.05, 0) is 30.0 Å². The molecule has 0 fully saturated rings. The predicted octanol–water partition coefficient (Wildman–Crippen LogP) is 3.04. The van der Waals surface area contributed by atoms with Crippen molar-refractivity contribution in [3.8, 4) is 0 Å². The molecule has 170 valence electrons. The minimum absolute atomic E-state index is 0.00446. The second-order valence-electron chi connectivity index (χ2n) is 7.82. The molecule has 1 aliphatic rings. The van der Waals surface area contributed by atoms with Crippen LogP contribution >= 0.6 is 11.6 Å². The maximum Gasteiger partial charge on any atom is 0.270 e. The SMILES string of the molecule is CC(C)[C@H](NC(=O)c1ccc([N+](=O)[O-])cc1Cl)C(=O)N[C@H]1CCS(=O)(=O)c2ccccc21. The van der Waals surface area contributed by atoms with E-state index < -0.39 is 38.7 Å². The smallest absolute Gasteiger partial charge is 0.270 e. The van der Waals surface area contributed by atoms with Crippen LogP contribution in [0.2, 0.25) is 5.02 Å². The molecule has 11 heteroatoms. The third-order valence-electron chi connectivity index (χ3n) is 5.27. The van der Waals surface area contributed by atoms with E-state index in [2.05, 4.69) is 10.6 Å². The van der Waals surface area contributed by atoms with Crippen LogP contribution in [-0.4, -0.2) is 37.0 Å². The Morgan fingerprint density at radius 2 is 1.88 bits per heavy atom. The van der Waals surface area contributed by atoms with Crippen LogP contribution in [0.1, 0.15) is 42.2 Å². The molecule has 0 unspecified atom stereocenters. The lowest BCUT2D eigenvalue weighted by Gasteiger charge is -2.29. The van der Waals surface area contributed by atoms with E-state index in [4.69, 9.17) is 11.6 Å². The summed E-state index contributed by atoms with van der Waals surface area (Å²) in [5, 5.41) is 16.2. The molecule has 3 rings (SSSR count).